The smallest absolute Gasteiger partial charge is 0.270 e. The lowest BCUT2D eigenvalue weighted by Gasteiger charge is -2.34. The van der Waals surface area contributed by atoms with Crippen LogP contribution in [-0.4, -0.2) is 48.1 Å². The number of nitrogens with zero attached hydrogens (tertiary/aromatic N) is 3. The minimum absolute atomic E-state index is 0.105. The standard InChI is InChI=1S/C17H19N5OS/c1-21-7-9-22(10-8-21)13-4-2-12(3-5-13)18-17-19-14-6-11-24-15(14)16(23)20-17/h2-6,11H,7-10H2,1H3,(H2,18,19,20,23). The third-order valence-corrected chi connectivity index (χ3v) is 5.22. The summed E-state index contributed by atoms with van der Waals surface area (Å²) in [6.45, 7) is 4.28. The number of hydrogen-bond acceptors (Lipinski definition) is 6. The van der Waals surface area contributed by atoms with Crippen molar-refractivity contribution >= 4 is 38.9 Å². The van der Waals surface area contributed by atoms with Crippen LogP contribution in [0.25, 0.3) is 10.2 Å². The van der Waals surface area contributed by atoms with Gasteiger partial charge in [-0.15, -0.1) is 11.3 Å². The molecule has 0 aliphatic carbocycles. The Balaban J connectivity index is 1.51. The van der Waals surface area contributed by atoms with Crippen LogP contribution in [0.4, 0.5) is 17.3 Å². The first-order valence-electron chi connectivity index (χ1n) is 7.97. The third-order valence-electron chi connectivity index (χ3n) is 4.31. The molecule has 7 heteroatoms. The average molecular weight is 341 g/mol. The van der Waals surface area contributed by atoms with Gasteiger partial charge in [0.1, 0.15) is 4.70 Å². The molecule has 1 aliphatic heterocycles. The van der Waals surface area contributed by atoms with Crippen LogP contribution in [0.5, 0.6) is 0 Å². The van der Waals surface area contributed by atoms with Crippen LogP contribution in [0.3, 0.4) is 0 Å². The highest BCUT2D eigenvalue weighted by molar-refractivity contribution is 7.17. The number of anilines is 3. The lowest BCUT2D eigenvalue weighted by molar-refractivity contribution is 0.313. The van der Waals surface area contributed by atoms with E-state index in [1.54, 1.807) is 0 Å². The molecule has 0 saturated carbocycles. The fraction of sp³-hybridized carbons (Fsp3) is 0.294. The molecule has 2 N–H and O–H groups in total. The maximum Gasteiger partial charge on any atom is 0.270 e. The predicted molar refractivity (Wildman–Crippen MR) is 99.7 cm³/mol. The monoisotopic (exact) mass is 341 g/mol. The highest BCUT2D eigenvalue weighted by atomic mass is 32.1. The summed E-state index contributed by atoms with van der Waals surface area (Å²) in [7, 11) is 2.16. The Hall–Kier alpha value is -2.38. The molecule has 6 nitrogen and oxygen atoms in total. The molecular weight excluding hydrogens is 322 g/mol. The van der Waals surface area contributed by atoms with Crippen molar-refractivity contribution in [2.75, 3.05) is 43.4 Å². The normalized spacial score (nSPS) is 15.8. The van der Waals surface area contributed by atoms with Crippen LogP contribution in [0.2, 0.25) is 0 Å². The first-order chi connectivity index (χ1) is 11.7. The van der Waals surface area contributed by atoms with Gasteiger partial charge in [-0.05, 0) is 42.8 Å². The van der Waals surface area contributed by atoms with E-state index in [1.165, 1.54) is 17.0 Å². The zero-order valence-electron chi connectivity index (χ0n) is 13.5. The number of thiophene rings is 1. The molecule has 1 fully saturated rings. The van der Waals surface area contributed by atoms with Crippen LogP contribution in [0.1, 0.15) is 0 Å². The number of nitrogens with one attached hydrogen (secondary N) is 2. The second-order valence-electron chi connectivity index (χ2n) is 6.01. The van der Waals surface area contributed by atoms with E-state index in [4.69, 9.17) is 0 Å². The molecule has 1 aliphatic rings. The summed E-state index contributed by atoms with van der Waals surface area (Å²) in [5.41, 5.74) is 2.75. The average Bonchev–Trinajstić information content (AvgIpc) is 3.05. The van der Waals surface area contributed by atoms with Gasteiger partial charge in [-0.3, -0.25) is 9.78 Å². The predicted octanol–water partition coefficient (Wildman–Crippen LogP) is 2.48. The Bertz CT molecular complexity index is 893. The first-order valence-corrected chi connectivity index (χ1v) is 8.85. The maximum absolute atomic E-state index is 12.0. The van der Waals surface area contributed by atoms with E-state index in [9.17, 15) is 4.79 Å². The number of H-pyrrole nitrogens is 1. The van der Waals surface area contributed by atoms with Crippen molar-refractivity contribution in [1.82, 2.24) is 14.9 Å². The molecule has 1 saturated heterocycles. The van der Waals surface area contributed by atoms with Gasteiger partial charge in [-0.2, -0.15) is 0 Å². The van der Waals surface area contributed by atoms with Crippen molar-refractivity contribution in [3.63, 3.8) is 0 Å². The number of fused-ring (bicyclic) bond motifs is 1. The van der Waals surface area contributed by atoms with Gasteiger partial charge in [0.25, 0.3) is 5.56 Å². The molecule has 0 unspecified atom stereocenters. The van der Waals surface area contributed by atoms with E-state index < -0.39 is 0 Å². The van der Waals surface area contributed by atoms with Crippen molar-refractivity contribution in [2.45, 2.75) is 0 Å². The van der Waals surface area contributed by atoms with Crippen molar-refractivity contribution in [2.24, 2.45) is 0 Å². The maximum atomic E-state index is 12.0. The second-order valence-corrected chi connectivity index (χ2v) is 6.93. The van der Waals surface area contributed by atoms with E-state index >= 15 is 0 Å². The molecule has 0 bridgehead atoms. The fourth-order valence-electron chi connectivity index (χ4n) is 2.89. The molecule has 1 aromatic carbocycles. The minimum Gasteiger partial charge on any atom is -0.369 e. The molecule has 124 valence electrons. The van der Waals surface area contributed by atoms with Crippen molar-refractivity contribution in [3.8, 4) is 0 Å². The number of piperazine rings is 1. The summed E-state index contributed by atoms with van der Waals surface area (Å²) >= 11 is 1.40. The molecule has 3 aromatic rings. The van der Waals surface area contributed by atoms with Crippen molar-refractivity contribution in [3.05, 3.63) is 46.1 Å². The first kappa shape index (κ1) is 15.2. The van der Waals surface area contributed by atoms with Crippen molar-refractivity contribution < 1.29 is 0 Å². The molecular formula is C17H19N5OS. The highest BCUT2D eigenvalue weighted by Gasteiger charge is 2.14. The van der Waals surface area contributed by atoms with Gasteiger partial charge < -0.3 is 15.1 Å². The summed E-state index contributed by atoms with van der Waals surface area (Å²) in [6, 6.07) is 10.1. The number of rotatable bonds is 3. The van der Waals surface area contributed by atoms with Gasteiger partial charge in [0.2, 0.25) is 5.95 Å². The zero-order valence-corrected chi connectivity index (χ0v) is 14.3. The van der Waals surface area contributed by atoms with Gasteiger partial charge in [0, 0.05) is 37.6 Å². The summed E-state index contributed by atoms with van der Waals surface area (Å²) in [4.78, 5) is 24.0. The Morgan fingerprint density at radius 2 is 1.88 bits per heavy atom. The van der Waals surface area contributed by atoms with Crippen molar-refractivity contribution in [1.29, 1.82) is 0 Å². The van der Waals surface area contributed by atoms with Gasteiger partial charge in [0.05, 0.1) is 5.52 Å². The molecule has 0 spiro atoms. The lowest BCUT2D eigenvalue weighted by atomic mass is 10.2. The lowest BCUT2D eigenvalue weighted by Crippen LogP contribution is -2.44. The topological polar surface area (TPSA) is 64.3 Å². The molecule has 2 aromatic heterocycles. The summed E-state index contributed by atoms with van der Waals surface area (Å²) in [5.74, 6) is 0.471. The SMILES string of the molecule is CN1CCN(c2ccc(Nc3nc4ccsc4c(=O)[nH]3)cc2)CC1. The minimum atomic E-state index is -0.105. The van der Waals surface area contributed by atoms with E-state index in [0.717, 1.165) is 37.4 Å². The Morgan fingerprint density at radius 1 is 1.12 bits per heavy atom. The Labute approximate surface area is 143 Å². The van der Waals surface area contributed by atoms with Crippen LogP contribution in [0, 0.1) is 0 Å². The number of hydrogen-bond donors (Lipinski definition) is 2. The zero-order chi connectivity index (χ0) is 16.5. The molecule has 0 amide bonds. The number of likely N-dealkylation sites (N-methyl/N-ethyl adjacent to an activating group) is 1. The van der Waals surface area contributed by atoms with E-state index in [-0.39, 0.29) is 5.56 Å². The summed E-state index contributed by atoms with van der Waals surface area (Å²) < 4.78 is 0.658. The van der Waals surface area contributed by atoms with E-state index in [2.05, 4.69) is 44.3 Å². The van der Waals surface area contributed by atoms with Crippen LogP contribution < -0.4 is 15.8 Å². The quantitative estimate of drug-likeness (QED) is 0.766. The molecule has 0 radical (unpaired) electrons. The van der Waals surface area contributed by atoms with Gasteiger partial charge in [-0.25, -0.2) is 4.98 Å². The summed E-state index contributed by atoms with van der Waals surface area (Å²) in [6.07, 6.45) is 0. The third kappa shape index (κ3) is 3.00. The molecule has 4 rings (SSSR count). The largest absolute Gasteiger partial charge is 0.369 e. The summed E-state index contributed by atoms with van der Waals surface area (Å²) in [5, 5.41) is 5.05. The number of benzene rings is 1. The molecule has 0 atom stereocenters. The second kappa shape index (κ2) is 6.26. The Morgan fingerprint density at radius 3 is 2.62 bits per heavy atom. The van der Waals surface area contributed by atoms with E-state index in [0.29, 0.717) is 10.6 Å². The molecule has 3 heterocycles. The fourth-order valence-corrected chi connectivity index (χ4v) is 3.61. The highest BCUT2D eigenvalue weighted by Crippen LogP contribution is 2.22. The van der Waals surface area contributed by atoms with Crippen LogP contribution in [-0.2, 0) is 0 Å². The van der Waals surface area contributed by atoms with Gasteiger partial charge in [-0.1, -0.05) is 0 Å². The van der Waals surface area contributed by atoms with E-state index in [1.807, 2.05) is 23.6 Å². The molecule has 24 heavy (non-hydrogen) atoms. The van der Waals surface area contributed by atoms with Gasteiger partial charge in [0.15, 0.2) is 0 Å². The van der Waals surface area contributed by atoms with Crippen LogP contribution in [0.15, 0.2) is 40.5 Å². The van der Waals surface area contributed by atoms with Gasteiger partial charge >= 0.3 is 0 Å². The number of aromatic amines is 1. The van der Waals surface area contributed by atoms with Crippen LogP contribution >= 0.6 is 11.3 Å². The number of aromatic nitrogens is 2. The Kier molecular flexibility index (Phi) is 3.95.